The fourth-order valence-electron chi connectivity index (χ4n) is 1.48. The number of hydrogen-bond donors (Lipinski definition) is 1. The summed E-state index contributed by atoms with van der Waals surface area (Å²) in [6.07, 6.45) is 2.35. The number of amides is 1. The fraction of sp³-hybridized carbons (Fsp3) is 0.600. The molecule has 4 heteroatoms. The molecule has 0 saturated heterocycles. The first kappa shape index (κ1) is 9.24. The summed E-state index contributed by atoms with van der Waals surface area (Å²) in [6.45, 7) is 3.76. The number of rotatable bonds is 3. The second-order valence-corrected chi connectivity index (χ2v) is 3.94. The topological polar surface area (TPSA) is 55.1 Å². The summed E-state index contributed by atoms with van der Waals surface area (Å²) in [5.74, 6) is 1.93. The van der Waals surface area contributed by atoms with Crippen LogP contribution in [0.15, 0.2) is 10.6 Å². The van der Waals surface area contributed by atoms with Crippen LogP contribution in [0.5, 0.6) is 0 Å². The van der Waals surface area contributed by atoms with Crippen molar-refractivity contribution in [1.82, 2.24) is 5.16 Å². The minimum Gasteiger partial charge on any atom is -0.360 e. The van der Waals surface area contributed by atoms with Gasteiger partial charge in [0.25, 0.3) is 0 Å². The van der Waals surface area contributed by atoms with Gasteiger partial charge in [0.1, 0.15) is 5.76 Å². The number of carbonyl (C=O) groups excluding carboxylic acids is 1. The first-order valence-electron chi connectivity index (χ1n) is 4.91. The number of aromatic nitrogens is 1. The summed E-state index contributed by atoms with van der Waals surface area (Å²) in [7, 11) is 0. The van der Waals surface area contributed by atoms with Crippen molar-refractivity contribution < 1.29 is 9.32 Å². The highest BCUT2D eigenvalue weighted by molar-refractivity contribution is 5.91. The molecule has 2 rings (SSSR count). The average molecular weight is 194 g/mol. The lowest BCUT2D eigenvalue weighted by molar-refractivity contribution is -0.120. The van der Waals surface area contributed by atoms with Gasteiger partial charge in [0.05, 0.1) is 0 Å². The normalized spacial score (nSPS) is 17.9. The number of anilines is 1. The van der Waals surface area contributed by atoms with Crippen LogP contribution in [0.2, 0.25) is 0 Å². The lowest BCUT2D eigenvalue weighted by Crippen LogP contribution is -2.21. The minimum atomic E-state index is 0.0424. The summed E-state index contributed by atoms with van der Waals surface area (Å²) in [5, 5.41) is 6.45. The maximum Gasteiger partial charge on any atom is 0.228 e. The lowest BCUT2D eigenvalue weighted by atomic mass is 10.1. The number of nitrogens with one attached hydrogen (secondary N) is 1. The third kappa shape index (κ3) is 1.95. The standard InChI is InChI=1S/C10H14N2O2/c1-6-5-9(12-14-6)11-10(13)7(2)8-3-4-8/h5,7-8H,3-4H2,1-2H3,(H,11,12,13). The molecule has 0 aromatic carbocycles. The molecule has 0 spiro atoms. The zero-order chi connectivity index (χ0) is 10.1. The molecule has 4 nitrogen and oxygen atoms in total. The van der Waals surface area contributed by atoms with E-state index in [9.17, 15) is 4.79 Å². The largest absolute Gasteiger partial charge is 0.360 e. The van der Waals surface area contributed by atoms with E-state index in [-0.39, 0.29) is 11.8 Å². The van der Waals surface area contributed by atoms with Crippen molar-refractivity contribution in [2.24, 2.45) is 11.8 Å². The van der Waals surface area contributed by atoms with E-state index in [1.807, 2.05) is 6.92 Å². The highest BCUT2D eigenvalue weighted by Crippen LogP contribution is 2.36. The van der Waals surface area contributed by atoms with Crippen LogP contribution < -0.4 is 5.32 Å². The molecule has 1 saturated carbocycles. The smallest absolute Gasteiger partial charge is 0.228 e. The first-order chi connectivity index (χ1) is 6.66. The Morgan fingerprint density at radius 1 is 1.71 bits per heavy atom. The Bertz CT molecular complexity index is 342. The maximum absolute atomic E-state index is 11.6. The number of nitrogens with zero attached hydrogens (tertiary/aromatic N) is 1. The molecule has 1 heterocycles. The van der Waals surface area contributed by atoms with Crippen LogP contribution in [0.4, 0.5) is 5.82 Å². The van der Waals surface area contributed by atoms with Gasteiger partial charge < -0.3 is 9.84 Å². The van der Waals surface area contributed by atoms with Gasteiger partial charge in [0, 0.05) is 12.0 Å². The number of hydrogen-bond acceptors (Lipinski definition) is 3. The Morgan fingerprint density at radius 2 is 2.43 bits per heavy atom. The van der Waals surface area contributed by atoms with Crippen molar-refractivity contribution in [3.8, 4) is 0 Å². The molecule has 1 atom stereocenters. The van der Waals surface area contributed by atoms with Gasteiger partial charge in [-0.2, -0.15) is 0 Å². The Balaban J connectivity index is 1.93. The Kier molecular flexibility index (Phi) is 2.27. The van der Waals surface area contributed by atoms with Gasteiger partial charge in [0.2, 0.25) is 5.91 Å². The van der Waals surface area contributed by atoms with E-state index in [2.05, 4.69) is 10.5 Å². The van der Waals surface area contributed by atoms with E-state index in [1.54, 1.807) is 13.0 Å². The van der Waals surface area contributed by atoms with Crippen LogP contribution in [0.3, 0.4) is 0 Å². The van der Waals surface area contributed by atoms with Gasteiger partial charge in [-0.25, -0.2) is 0 Å². The lowest BCUT2D eigenvalue weighted by Gasteiger charge is -2.07. The second kappa shape index (κ2) is 3.44. The Labute approximate surface area is 82.7 Å². The van der Waals surface area contributed by atoms with Crippen molar-refractivity contribution in [2.75, 3.05) is 5.32 Å². The average Bonchev–Trinajstić information content (AvgIpc) is 2.91. The third-order valence-corrected chi connectivity index (χ3v) is 2.62. The second-order valence-electron chi connectivity index (χ2n) is 3.94. The molecule has 0 radical (unpaired) electrons. The zero-order valence-corrected chi connectivity index (χ0v) is 8.41. The highest BCUT2D eigenvalue weighted by atomic mass is 16.5. The number of carbonyl (C=O) groups is 1. The van der Waals surface area contributed by atoms with Crippen molar-refractivity contribution in [1.29, 1.82) is 0 Å². The molecule has 1 aliphatic rings. The Morgan fingerprint density at radius 3 is 2.93 bits per heavy atom. The molecule has 14 heavy (non-hydrogen) atoms. The molecule has 1 aliphatic carbocycles. The van der Waals surface area contributed by atoms with Crippen LogP contribution in [-0.4, -0.2) is 11.1 Å². The monoisotopic (exact) mass is 194 g/mol. The van der Waals surface area contributed by atoms with Crippen LogP contribution in [0.1, 0.15) is 25.5 Å². The van der Waals surface area contributed by atoms with Gasteiger partial charge in [0.15, 0.2) is 5.82 Å². The molecule has 1 fully saturated rings. The SMILES string of the molecule is Cc1cc(NC(=O)C(C)C2CC2)no1. The van der Waals surface area contributed by atoms with E-state index >= 15 is 0 Å². The molecular weight excluding hydrogens is 180 g/mol. The maximum atomic E-state index is 11.6. The van der Waals surface area contributed by atoms with Crippen molar-refractivity contribution in [2.45, 2.75) is 26.7 Å². The van der Waals surface area contributed by atoms with Crippen LogP contribution in [0, 0.1) is 18.8 Å². The predicted molar refractivity (Wildman–Crippen MR) is 51.8 cm³/mol. The number of aryl methyl sites for hydroxylation is 1. The summed E-state index contributed by atoms with van der Waals surface area (Å²) >= 11 is 0. The molecule has 1 N–H and O–H groups in total. The van der Waals surface area contributed by atoms with Crippen molar-refractivity contribution in [3.05, 3.63) is 11.8 Å². The van der Waals surface area contributed by atoms with Gasteiger partial charge in [-0.3, -0.25) is 4.79 Å². The fourth-order valence-corrected chi connectivity index (χ4v) is 1.48. The van der Waals surface area contributed by atoms with E-state index in [0.29, 0.717) is 17.5 Å². The Hall–Kier alpha value is -1.32. The summed E-state index contributed by atoms with van der Waals surface area (Å²) in [5.41, 5.74) is 0. The summed E-state index contributed by atoms with van der Waals surface area (Å²) in [4.78, 5) is 11.6. The van der Waals surface area contributed by atoms with Gasteiger partial charge >= 0.3 is 0 Å². The van der Waals surface area contributed by atoms with Crippen LogP contribution >= 0.6 is 0 Å². The molecule has 1 amide bonds. The zero-order valence-electron chi connectivity index (χ0n) is 8.41. The van der Waals surface area contributed by atoms with Crippen LogP contribution in [0.25, 0.3) is 0 Å². The van der Waals surface area contributed by atoms with E-state index < -0.39 is 0 Å². The van der Waals surface area contributed by atoms with Gasteiger partial charge in [-0.05, 0) is 25.7 Å². The molecule has 0 bridgehead atoms. The van der Waals surface area contributed by atoms with Gasteiger partial charge in [-0.1, -0.05) is 12.1 Å². The summed E-state index contributed by atoms with van der Waals surface area (Å²) in [6, 6.07) is 1.72. The molecular formula is C10H14N2O2. The van der Waals surface area contributed by atoms with Crippen LogP contribution in [-0.2, 0) is 4.79 Å². The van der Waals surface area contributed by atoms with Gasteiger partial charge in [-0.15, -0.1) is 0 Å². The molecule has 1 aromatic heterocycles. The molecule has 0 aliphatic heterocycles. The quantitative estimate of drug-likeness (QED) is 0.800. The van der Waals surface area contributed by atoms with Crippen molar-refractivity contribution in [3.63, 3.8) is 0 Å². The first-order valence-corrected chi connectivity index (χ1v) is 4.91. The predicted octanol–water partition coefficient (Wildman–Crippen LogP) is 1.97. The highest BCUT2D eigenvalue weighted by Gasteiger charge is 2.32. The van der Waals surface area contributed by atoms with E-state index in [0.717, 1.165) is 0 Å². The molecule has 1 aromatic rings. The van der Waals surface area contributed by atoms with E-state index in [4.69, 9.17) is 4.52 Å². The third-order valence-electron chi connectivity index (χ3n) is 2.62. The molecule has 76 valence electrons. The van der Waals surface area contributed by atoms with Crippen molar-refractivity contribution >= 4 is 11.7 Å². The molecule has 1 unspecified atom stereocenters. The summed E-state index contributed by atoms with van der Waals surface area (Å²) < 4.78 is 4.86. The van der Waals surface area contributed by atoms with E-state index in [1.165, 1.54) is 12.8 Å². The minimum absolute atomic E-state index is 0.0424.